The van der Waals surface area contributed by atoms with Crippen LogP contribution in [0.4, 0.5) is 5.69 Å². The normalized spacial score (nSPS) is 21.0. The van der Waals surface area contributed by atoms with Crippen molar-refractivity contribution < 1.29 is 17.9 Å². The van der Waals surface area contributed by atoms with Gasteiger partial charge in [-0.3, -0.25) is 4.79 Å². The van der Waals surface area contributed by atoms with E-state index in [0.29, 0.717) is 31.0 Å². The summed E-state index contributed by atoms with van der Waals surface area (Å²) >= 11 is 0. The first-order valence-electron chi connectivity index (χ1n) is 9.13. The fourth-order valence-corrected chi connectivity index (χ4v) is 4.45. The fraction of sp³-hybridized carbons (Fsp3) is 0.368. The van der Waals surface area contributed by atoms with E-state index in [1.54, 1.807) is 30.4 Å². The van der Waals surface area contributed by atoms with Crippen LogP contribution in [0, 0.1) is 0 Å². The summed E-state index contributed by atoms with van der Waals surface area (Å²) in [5.41, 5.74) is 1.63. The molecule has 0 aliphatic carbocycles. The van der Waals surface area contributed by atoms with Crippen LogP contribution < -0.4 is 9.64 Å². The molecule has 1 fully saturated rings. The number of benzene rings is 1. The number of hydrogen-bond acceptors (Lipinski definition) is 6. The molecule has 9 heteroatoms. The van der Waals surface area contributed by atoms with Crippen LogP contribution in [0.15, 0.2) is 52.6 Å². The number of ether oxygens (including phenoxy) is 1. The van der Waals surface area contributed by atoms with Crippen molar-refractivity contribution in [2.24, 2.45) is 4.40 Å². The number of carbonyl (C=O) groups is 1. The zero-order valence-electron chi connectivity index (χ0n) is 15.6. The zero-order valence-corrected chi connectivity index (χ0v) is 16.4. The third-order valence-corrected chi connectivity index (χ3v) is 6.22. The highest BCUT2D eigenvalue weighted by molar-refractivity contribution is 7.90. The average molecular weight is 402 g/mol. The molecular weight excluding hydrogens is 380 g/mol. The number of anilines is 1. The Morgan fingerprint density at radius 3 is 2.64 bits per heavy atom. The number of rotatable bonds is 3. The Bertz CT molecular complexity index is 975. The second-order valence-electron chi connectivity index (χ2n) is 6.83. The number of fused-ring (bicyclic) bond motifs is 1. The van der Waals surface area contributed by atoms with Crippen LogP contribution >= 0.6 is 0 Å². The maximum absolute atomic E-state index is 12.9. The number of carbonyl (C=O) groups excluding carboxylic acids is 1. The van der Waals surface area contributed by atoms with Crippen LogP contribution in [-0.4, -0.2) is 75.5 Å². The zero-order chi connectivity index (χ0) is 19.7. The van der Waals surface area contributed by atoms with Crippen molar-refractivity contribution in [2.45, 2.75) is 0 Å². The van der Waals surface area contributed by atoms with E-state index < -0.39 is 10.0 Å². The SMILES string of the molecule is COc1cccc(N2CCN(C(=O)C3=CN4CCS(=O)(=O)N=C4C=C3)CC2)c1. The van der Waals surface area contributed by atoms with Crippen molar-refractivity contribution in [3.8, 4) is 5.75 Å². The number of amides is 1. The Balaban J connectivity index is 1.41. The molecule has 1 amide bonds. The highest BCUT2D eigenvalue weighted by atomic mass is 32.2. The van der Waals surface area contributed by atoms with Crippen molar-refractivity contribution in [1.82, 2.24) is 9.80 Å². The van der Waals surface area contributed by atoms with Crippen molar-refractivity contribution in [2.75, 3.05) is 50.5 Å². The lowest BCUT2D eigenvalue weighted by atomic mass is 10.1. The van der Waals surface area contributed by atoms with Crippen molar-refractivity contribution in [3.63, 3.8) is 0 Å². The first kappa shape index (κ1) is 18.5. The monoisotopic (exact) mass is 402 g/mol. The smallest absolute Gasteiger partial charge is 0.256 e. The summed E-state index contributed by atoms with van der Waals surface area (Å²) in [6.45, 7) is 3.04. The number of sulfonamides is 1. The van der Waals surface area contributed by atoms with Gasteiger partial charge in [0.25, 0.3) is 15.9 Å². The topological polar surface area (TPSA) is 82.5 Å². The number of amidine groups is 1. The van der Waals surface area contributed by atoms with Gasteiger partial charge in [-0.05, 0) is 24.3 Å². The molecule has 3 heterocycles. The fourth-order valence-electron chi connectivity index (χ4n) is 3.48. The summed E-state index contributed by atoms with van der Waals surface area (Å²) in [5, 5.41) is 0. The summed E-state index contributed by atoms with van der Waals surface area (Å²) in [5.74, 6) is 1.09. The van der Waals surface area contributed by atoms with Gasteiger partial charge in [0, 0.05) is 50.7 Å². The molecule has 148 valence electrons. The number of hydrogen-bond donors (Lipinski definition) is 0. The van der Waals surface area contributed by atoms with E-state index >= 15 is 0 Å². The molecule has 28 heavy (non-hydrogen) atoms. The standard InChI is InChI=1S/C19H22N4O4S/c1-27-17-4-2-3-16(13-17)21-7-9-22(10-8-21)19(24)15-5-6-18-20-28(25,26)12-11-23(18)14-15/h2-6,13-14H,7-12H2,1H3. The average Bonchev–Trinajstić information content (AvgIpc) is 2.72. The van der Waals surface area contributed by atoms with Gasteiger partial charge in [0.1, 0.15) is 11.6 Å². The molecule has 4 rings (SSSR count). The van der Waals surface area contributed by atoms with E-state index in [1.165, 1.54) is 0 Å². The molecule has 1 aromatic rings. The van der Waals surface area contributed by atoms with Gasteiger partial charge >= 0.3 is 0 Å². The Kier molecular flexibility index (Phi) is 4.84. The lowest BCUT2D eigenvalue weighted by molar-refractivity contribution is -0.127. The highest BCUT2D eigenvalue weighted by Crippen LogP contribution is 2.23. The number of methoxy groups -OCH3 is 1. The molecule has 0 unspecified atom stereocenters. The molecule has 3 aliphatic rings. The van der Waals surface area contributed by atoms with Crippen LogP contribution in [0.25, 0.3) is 0 Å². The van der Waals surface area contributed by atoms with E-state index in [4.69, 9.17) is 4.74 Å². The molecule has 0 N–H and O–H groups in total. The van der Waals surface area contributed by atoms with Gasteiger partial charge in [0.15, 0.2) is 0 Å². The van der Waals surface area contributed by atoms with Gasteiger partial charge in [-0.15, -0.1) is 4.40 Å². The van der Waals surface area contributed by atoms with Crippen LogP contribution in [-0.2, 0) is 14.8 Å². The van der Waals surface area contributed by atoms with Crippen LogP contribution in [0.2, 0.25) is 0 Å². The minimum absolute atomic E-state index is 0.0402. The largest absolute Gasteiger partial charge is 0.497 e. The van der Waals surface area contributed by atoms with E-state index in [2.05, 4.69) is 9.30 Å². The van der Waals surface area contributed by atoms with Gasteiger partial charge in [0.05, 0.1) is 18.4 Å². The van der Waals surface area contributed by atoms with Gasteiger partial charge in [-0.2, -0.15) is 0 Å². The molecule has 0 atom stereocenters. The molecule has 0 radical (unpaired) electrons. The molecule has 3 aliphatic heterocycles. The maximum atomic E-state index is 12.9. The van der Waals surface area contributed by atoms with Crippen LogP contribution in [0.1, 0.15) is 0 Å². The Labute approximate surface area is 164 Å². The van der Waals surface area contributed by atoms with E-state index in [9.17, 15) is 13.2 Å². The molecule has 1 aromatic carbocycles. The summed E-state index contributed by atoms with van der Waals surface area (Å²) in [6, 6.07) is 7.91. The third-order valence-electron chi connectivity index (χ3n) is 5.06. The minimum Gasteiger partial charge on any atom is -0.497 e. The molecule has 0 saturated carbocycles. The summed E-state index contributed by atoms with van der Waals surface area (Å²) in [4.78, 5) is 18.7. The van der Waals surface area contributed by atoms with Crippen LogP contribution in [0.5, 0.6) is 5.75 Å². The Morgan fingerprint density at radius 2 is 1.89 bits per heavy atom. The van der Waals surface area contributed by atoms with Crippen molar-refractivity contribution >= 4 is 27.5 Å². The van der Waals surface area contributed by atoms with Gasteiger partial charge in [-0.1, -0.05) is 6.07 Å². The molecule has 1 saturated heterocycles. The van der Waals surface area contributed by atoms with E-state index in [1.807, 2.05) is 29.2 Å². The van der Waals surface area contributed by atoms with Crippen molar-refractivity contribution in [1.29, 1.82) is 0 Å². The highest BCUT2D eigenvalue weighted by Gasteiger charge is 2.28. The lowest BCUT2D eigenvalue weighted by Crippen LogP contribution is -2.49. The summed E-state index contributed by atoms with van der Waals surface area (Å²) in [6.07, 6.45) is 4.94. The van der Waals surface area contributed by atoms with Gasteiger partial charge < -0.3 is 19.4 Å². The molecule has 0 aromatic heterocycles. The molecule has 0 spiro atoms. The summed E-state index contributed by atoms with van der Waals surface area (Å²) < 4.78 is 32.2. The third kappa shape index (κ3) is 3.75. The predicted octanol–water partition coefficient (Wildman–Crippen LogP) is 0.841. The Hall–Kier alpha value is -2.81. The number of nitrogens with zero attached hydrogens (tertiary/aromatic N) is 4. The molecule has 0 bridgehead atoms. The molecular formula is C19H22N4O4S. The lowest BCUT2D eigenvalue weighted by Gasteiger charge is -2.37. The molecule has 8 nitrogen and oxygen atoms in total. The first-order chi connectivity index (χ1) is 13.4. The summed E-state index contributed by atoms with van der Waals surface area (Å²) in [7, 11) is -1.75. The maximum Gasteiger partial charge on any atom is 0.256 e. The second-order valence-corrected chi connectivity index (χ2v) is 8.58. The number of piperazine rings is 1. The van der Waals surface area contributed by atoms with E-state index in [0.717, 1.165) is 24.5 Å². The van der Waals surface area contributed by atoms with Crippen molar-refractivity contribution in [3.05, 3.63) is 48.2 Å². The quantitative estimate of drug-likeness (QED) is 0.745. The predicted molar refractivity (Wildman–Crippen MR) is 107 cm³/mol. The second kappa shape index (κ2) is 7.31. The van der Waals surface area contributed by atoms with Crippen LogP contribution in [0.3, 0.4) is 0 Å². The van der Waals surface area contributed by atoms with Gasteiger partial charge in [-0.25, -0.2) is 8.42 Å². The van der Waals surface area contributed by atoms with Gasteiger partial charge in [0.2, 0.25) is 0 Å². The minimum atomic E-state index is -3.39. The first-order valence-corrected chi connectivity index (χ1v) is 10.7. The Morgan fingerprint density at radius 1 is 1.11 bits per heavy atom. The van der Waals surface area contributed by atoms with E-state index in [-0.39, 0.29) is 11.7 Å².